The van der Waals surface area contributed by atoms with Crippen LogP contribution in [0.5, 0.6) is 0 Å². The van der Waals surface area contributed by atoms with Crippen molar-refractivity contribution in [3.63, 3.8) is 0 Å². The lowest BCUT2D eigenvalue weighted by molar-refractivity contribution is -0.147. The number of alkyl halides is 2. The van der Waals surface area contributed by atoms with E-state index in [1.54, 1.807) is 0 Å². The van der Waals surface area contributed by atoms with Crippen molar-refractivity contribution >= 4 is 5.97 Å². The van der Waals surface area contributed by atoms with Crippen molar-refractivity contribution in [1.82, 2.24) is 9.78 Å². The Morgan fingerprint density at radius 1 is 1.62 bits per heavy atom. The Kier molecular flexibility index (Phi) is 2.44. The van der Waals surface area contributed by atoms with E-state index in [1.165, 1.54) is 17.9 Å². The average Bonchev–Trinajstić information content (AvgIpc) is 2.45. The highest BCUT2D eigenvalue weighted by Gasteiger charge is 2.49. The summed E-state index contributed by atoms with van der Waals surface area (Å²) in [6, 6.07) is 0. The number of hydrogen-bond donors (Lipinski definition) is 1. The molecular weight excluding hydrogens is 218 g/mol. The summed E-state index contributed by atoms with van der Waals surface area (Å²) in [7, 11) is 1.52. The van der Waals surface area contributed by atoms with Crippen LogP contribution in [-0.4, -0.2) is 20.9 Å². The van der Waals surface area contributed by atoms with Crippen LogP contribution in [0.3, 0.4) is 0 Å². The number of aliphatic carboxylic acids is 1. The summed E-state index contributed by atoms with van der Waals surface area (Å²) in [6.45, 7) is 0. The summed E-state index contributed by atoms with van der Waals surface area (Å²) < 4.78 is 26.7. The van der Waals surface area contributed by atoms with Gasteiger partial charge in [-0.25, -0.2) is 8.78 Å². The van der Waals surface area contributed by atoms with E-state index >= 15 is 0 Å². The van der Waals surface area contributed by atoms with Crippen LogP contribution in [0, 0.1) is 0 Å². The lowest BCUT2D eigenvalue weighted by atomic mass is 9.64. The molecule has 6 heteroatoms. The van der Waals surface area contributed by atoms with Crippen LogP contribution in [0.25, 0.3) is 0 Å². The monoisotopic (exact) mass is 230 g/mol. The van der Waals surface area contributed by atoms with Gasteiger partial charge in [-0.3, -0.25) is 9.48 Å². The Labute approximate surface area is 90.9 Å². The molecule has 1 saturated carbocycles. The fraction of sp³-hybridized carbons (Fsp3) is 0.600. The van der Waals surface area contributed by atoms with Gasteiger partial charge in [-0.1, -0.05) is 6.42 Å². The van der Waals surface area contributed by atoms with Crippen LogP contribution in [0.1, 0.15) is 36.9 Å². The van der Waals surface area contributed by atoms with Crippen molar-refractivity contribution in [2.24, 2.45) is 7.05 Å². The molecule has 1 aliphatic rings. The SMILES string of the molecule is Cn1cc(C2(C(=O)O)CCC2)c(C(F)F)n1. The zero-order chi connectivity index (χ0) is 11.9. The minimum Gasteiger partial charge on any atom is -0.481 e. The maximum absolute atomic E-state index is 12.7. The van der Waals surface area contributed by atoms with Gasteiger partial charge in [0.15, 0.2) is 0 Å². The molecule has 0 spiro atoms. The maximum atomic E-state index is 12.7. The average molecular weight is 230 g/mol. The highest BCUT2D eigenvalue weighted by Crippen LogP contribution is 2.46. The number of aromatic nitrogens is 2. The smallest absolute Gasteiger partial charge is 0.314 e. The van der Waals surface area contributed by atoms with Crippen molar-refractivity contribution in [3.8, 4) is 0 Å². The molecule has 1 N–H and O–H groups in total. The Hall–Kier alpha value is -1.46. The number of carboxylic acids is 1. The highest BCUT2D eigenvalue weighted by molar-refractivity contribution is 5.82. The summed E-state index contributed by atoms with van der Waals surface area (Å²) in [4.78, 5) is 11.2. The van der Waals surface area contributed by atoms with E-state index in [0.29, 0.717) is 12.8 Å². The highest BCUT2D eigenvalue weighted by atomic mass is 19.3. The van der Waals surface area contributed by atoms with Gasteiger partial charge in [-0.05, 0) is 12.8 Å². The van der Waals surface area contributed by atoms with Gasteiger partial charge in [0.1, 0.15) is 5.69 Å². The van der Waals surface area contributed by atoms with Gasteiger partial charge in [0, 0.05) is 18.8 Å². The molecule has 0 atom stereocenters. The van der Waals surface area contributed by atoms with Crippen molar-refractivity contribution in [1.29, 1.82) is 0 Å². The summed E-state index contributed by atoms with van der Waals surface area (Å²) in [5.41, 5.74) is -1.37. The van der Waals surface area contributed by atoms with Crippen molar-refractivity contribution in [2.75, 3.05) is 0 Å². The van der Waals surface area contributed by atoms with Crippen molar-refractivity contribution < 1.29 is 18.7 Å². The Balaban J connectivity index is 2.50. The van der Waals surface area contributed by atoms with Crippen LogP contribution in [-0.2, 0) is 17.3 Å². The van der Waals surface area contributed by atoms with E-state index in [-0.39, 0.29) is 5.56 Å². The van der Waals surface area contributed by atoms with Gasteiger partial charge in [0.2, 0.25) is 0 Å². The molecule has 0 aromatic carbocycles. The van der Waals surface area contributed by atoms with Crippen molar-refractivity contribution in [3.05, 3.63) is 17.5 Å². The van der Waals surface area contributed by atoms with E-state index in [4.69, 9.17) is 0 Å². The summed E-state index contributed by atoms with van der Waals surface area (Å²) in [5, 5.41) is 12.8. The summed E-state index contributed by atoms with van der Waals surface area (Å²) in [5.74, 6) is -1.03. The van der Waals surface area contributed by atoms with Gasteiger partial charge in [0.05, 0.1) is 5.41 Å². The molecule has 0 unspecified atom stereocenters. The predicted octanol–water partition coefficient (Wildman–Crippen LogP) is 1.86. The lowest BCUT2D eigenvalue weighted by Gasteiger charge is -2.37. The second-order valence-electron chi connectivity index (χ2n) is 4.14. The van der Waals surface area contributed by atoms with Gasteiger partial charge < -0.3 is 5.11 Å². The zero-order valence-corrected chi connectivity index (χ0v) is 8.78. The Morgan fingerprint density at radius 3 is 2.62 bits per heavy atom. The second-order valence-corrected chi connectivity index (χ2v) is 4.14. The first-order chi connectivity index (χ1) is 7.47. The number of carbonyl (C=O) groups is 1. The van der Waals surface area contributed by atoms with Gasteiger partial charge in [-0.2, -0.15) is 5.10 Å². The third kappa shape index (κ3) is 1.40. The number of hydrogen-bond acceptors (Lipinski definition) is 2. The van der Waals surface area contributed by atoms with Crippen LogP contribution in [0.15, 0.2) is 6.20 Å². The molecule has 0 saturated heterocycles. The molecule has 0 amide bonds. The molecule has 1 aromatic rings. The third-order valence-electron chi connectivity index (χ3n) is 3.20. The Bertz CT molecular complexity index is 424. The second kappa shape index (κ2) is 3.54. The molecule has 16 heavy (non-hydrogen) atoms. The standard InChI is InChI=1S/C10H12F2N2O2/c1-14-5-6(7(13-14)8(11)12)10(9(15)16)3-2-4-10/h5,8H,2-4H2,1H3,(H,15,16). The van der Waals surface area contributed by atoms with E-state index < -0.39 is 23.5 Å². The molecule has 1 aromatic heterocycles. The molecule has 2 rings (SSSR count). The molecule has 1 heterocycles. The minimum atomic E-state index is -2.73. The molecular formula is C10H12F2N2O2. The fourth-order valence-electron chi connectivity index (χ4n) is 2.16. The zero-order valence-electron chi connectivity index (χ0n) is 8.78. The number of nitrogens with zero attached hydrogens (tertiary/aromatic N) is 2. The number of rotatable bonds is 3. The minimum absolute atomic E-state index is 0.170. The number of aryl methyl sites for hydroxylation is 1. The first-order valence-electron chi connectivity index (χ1n) is 5.03. The fourth-order valence-corrected chi connectivity index (χ4v) is 2.16. The summed E-state index contributed by atoms with van der Waals surface area (Å²) >= 11 is 0. The molecule has 1 fully saturated rings. The van der Waals surface area contributed by atoms with Crippen LogP contribution in [0.4, 0.5) is 8.78 Å². The topological polar surface area (TPSA) is 55.1 Å². The first kappa shape index (κ1) is 11.0. The first-order valence-corrected chi connectivity index (χ1v) is 5.03. The predicted molar refractivity (Wildman–Crippen MR) is 51.3 cm³/mol. The van der Waals surface area contributed by atoms with Crippen LogP contribution < -0.4 is 0 Å². The van der Waals surface area contributed by atoms with Crippen LogP contribution >= 0.6 is 0 Å². The van der Waals surface area contributed by atoms with E-state index in [1.807, 2.05) is 0 Å². The van der Waals surface area contributed by atoms with Gasteiger partial charge in [0.25, 0.3) is 6.43 Å². The maximum Gasteiger partial charge on any atom is 0.314 e. The Morgan fingerprint density at radius 2 is 2.25 bits per heavy atom. The normalized spacial score (nSPS) is 18.5. The van der Waals surface area contributed by atoms with Gasteiger partial charge >= 0.3 is 5.97 Å². The molecule has 4 nitrogen and oxygen atoms in total. The van der Waals surface area contributed by atoms with Crippen molar-refractivity contribution in [2.45, 2.75) is 31.1 Å². The number of halogens is 2. The molecule has 0 bridgehead atoms. The largest absolute Gasteiger partial charge is 0.481 e. The van der Waals surface area contributed by atoms with E-state index in [2.05, 4.69) is 5.10 Å². The molecule has 1 aliphatic carbocycles. The molecule has 88 valence electrons. The molecule has 0 aliphatic heterocycles. The summed E-state index contributed by atoms with van der Waals surface area (Å²) in [6.07, 6.45) is 0.244. The number of carboxylic acid groups (broad SMARTS) is 1. The van der Waals surface area contributed by atoms with E-state index in [9.17, 15) is 18.7 Å². The van der Waals surface area contributed by atoms with E-state index in [0.717, 1.165) is 6.42 Å². The lowest BCUT2D eigenvalue weighted by Crippen LogP contribution is -2.42. The third-order valence-corrected chi connectivity index (χ3v) is 3.20. The quantitative estimate of drug-likeness (QED) is 0.862. The van der Waals surface area contributed by atoms with Crippen LogP contribution in [0.2, 0.25) is 0 Å². The van der Waals surface area contributed by atoms with Gasteiger partial charge in [-0.15, -0.1) is 0 Å². The molecule has 0 radical (unpaired) electrons.